The van der Waals surface area contributed by atoms with E-state index in [4.69, 9.17) is 10.5 Å². The summed E-state index contributed by atoms with van der Waals surface area (Å²) in [6.07, 6.45) is 4.73. The molecule has 2 N–H and O–H groups in total. The molecule has 0 spiro atoms. The van der Waals surface area contributed by atoms with Gasteiger partial charge in [0.25, 0.3) is 0 Å². The zero-order valence-corrected chi connectivity index (χ0v) is 12.8. The Labute approximate surface area is 134 Å². The minimum Gasteiger partial charge on any atom is -0.435 e. The minimum absolute atomic E-state index is 0.317. The molecule has 1 aromatic carbocycles. The normalized spacial score (nSPS) is 10.3. The topological polar surface area (TPSA) is 77.2 Å². The number of nitrogens with two attached hydrogens (primary N) is 1. The van der Waals surface area contributed by atoms with E-state index in [-0.39, 0.29) is 0 Å². The molecule has 0 saturated carbocycles. The lowest BCUT2D eigenvalue weighted by Gasteiger charge is -2.23. The molecule has 6 nitrogen and oxygen atoms in total. The minimum atomic E-state index is 0.317. The largest absolute Gasteiger partial charge is 0.435 e. The summed E-state index contributed by atoms with van der Waals surface area (Å²) in [6, 6.07) is 13.5. The van der Waals surface area contributed by atoms with Crippen molar-refractivity contribution in [2.45, 2.75) is 6.92 Å². The lowest BCUT2D eigenvalue weighted by molar-refractivity contribution is 0.462. The monoisotopic (exact) mass is 307 g/mol. The van der Waals surface area contributed by atoms with Gasteiger partial charge in [0.1, 0.15) is 17.8 Å². The zero-order chi connectivity index (χ0) is 16.1. The van der Waals surface area contributed by atoms with Crippen LogP contribution in [-0.2, 0) is 0 Å². The second-order valence-electron chi connectivity index (χ2n) is 4.79. The predicted molar refractivity (Wildman–Crippen MR) is 89.9 cm³/mol. The fourth-order valence-corrected chi connectivity index (χ4v) is 2.25. The van der Waals surface area contributed by atoms with Gasteiger partial charge in [-0.05, 0) is 31.2 Å². The van der Waals surface area contributed by atoms with Gasteiger partial charge in [-0.25, -0.2) is 4.98 Å². The molecule has 0 amide bonds. The van der Waals surface area contributed by atoms with Crippen LogP contribution in [0.4, 0.5) is 17.2 Å². The number of aromatic nitrogens is 3. The number of pyridine rings is 1. The lowest BCUT2D eigenvalue weighted by Crippen LogP contribution is -2.19. The third-order valence-electron chi connectivity index (χ3n) is 3.32. The van der Waals surface area contributed by atoms with Gasteiger partial charge >= 0.3 is 0 Å². The summed E-state index contributed by atoms with van der Waals surface area (Å²) in [7, 11) is 0. The van der Waals surface area contributed by atoms with Gasteiger partial charge in [-0.3, -0.25) is 4.98 Å². The smallest absolute Gasteiger partial charge is 0.248 e. The number of rotatable bonds is 5. The Morgan fingerprint density at radius 3 is 2.61 bits per heavy atom. The van der Waals surface area contributed by atoms with E-state index in [1.165, 1.54) is 6.33 Å². The summed E-state index contributed by atoms with van der Waals surface area (Å²) in [4.78, 5) is 14.5. The van der Waals surface area contributed by atoms with Crippen LogP contribution >= 0.6 is 0 Å². The van der Waals surface area contributed by atoms with Gasteiger partial charge in [0.15, 0.2) is 5.82 Å². The standard InChI is InChI=1S/C17H17N5O/c1-2-22(13-7-4-3-5-8-13)16-15(18)17(21-12-20-16)23-14-9-6-10-19-11-14/h3-12H,2,18H2,1H3. The maximum absolute atomic E-state index is 6.23. The molecule has 23 heavy (non-hydrogen) atoms. The van der Waals surface area contributed by atoms with Crippen molar-refractivity contribution in [2.24, 2.45) is 0 Å². The first-order chi connectivity index (χ1) is 11.3. The molecule has 0 atom stereocenters. The van der Waals surface area contributed by atoms with Crippen LogP contribution in [0.2, 0.25) is 0 Å². The molecule has 3 aromatic rings. The Kier molecular flexibility index (Phi) is 4.33. The predicted octanol–water partition coefficient (Wildman–Crippen LogP) is 3.40. The van der Waals surface area contributed by atoms with Gasteiger partial charge in [-0.15, -0.1) is 0 Å². The maximum atomic E-state index is 6.23. The average Bonchev–Trinajstić information content (AvgIpc) is 2.61. The molecule has 2 aromatic heterocycles. The van der Waals surface area contributed by atoms with Gasteiger partial charge < -0.3 is 15.4 Å². The Morgan fingerprint density at radius 1 is 1.09 bits per heavy atom. The molecule has 0 bridgehead atoms. The van der Waals surface area contributed by atoms with Crippen LogP contribution in [0.5, 0.6) is 11.6 Å². The zero-order valence-electron chi connectivity index (χ0n) is 12.8. The molecule has 6 heteroatoms. The summed E-state index contributed by atoms with van der Waals surface area (Å²) >= 11 is 0. The molecular formula is C17H17N5O. The molecule has 2 heterocycles. The number of anilines is 3. The number of nitrogens with zero attached hydrogens (tertiary/aromatic N) is 4. The number of ether oxygens (including phenoxy) is 1. The molecule has 0 aliphatic carbocycles. The first-order valence-corrected chi connectivity index (χ1v) is 7.30. The number of benzene rings is 1. The molecule has 0 aliphatic rings. The van der Waals surface area contributed by atoms with Crippen LogP contribution in [0.25, 0.3) is 0 Å². The maximum Gasteiger partial charge on any atom is 0.248 e. The number of hydrogen-bond donors (Lipinski definition) is 1. The van der Waals surface area contributed by atoms with E-state index in [0.717, 1.165) is 12.2 Å². The van der Waals surface area contributed by atoms with E-state index in [0.29, 0.717) is 23.1 Å². The van der Waals surface area contributed by atoms with Crippen molar-refractivity contribution in [1.82, 2.24) is 15.0 Å². The summed E-state index contributed by atoms with van der Waals surface area (Å²) in [5.74, 6) is 1.51. The summed E-state index contributed by atoms with van der Waals surface area (Å²) in [5.41, 5.74) is 7.63. The summed E-state index contributed by atoms with van der Waals surface area (Å²) in [5, 5.41) is 0. The van der Waals surface area contributed by atoms with Crippen molar-refractivity contribution in [3.8, 4) is 11.6 Å². The number of para-hydroxylation sites is 1. The van der Waals surface area contributed by atoms with E-state index in [1.54, 1.807) is 24.5 Å². The van der Waals surface area contributed by atoms with E-state index in [1.807, 2.05) is 42.2 Å². The van der Waals surface area contributed by atoms with Crippen LogP contribution in [0, 0.1) is 0 Å². The van der Waals surface area contributed by atoms with Crippen molar-refractivity contribution in [3.05, 3.63) is 61.2 Å². The van der Waals surface area contributed by atoms with E-state index >= 15 is 0 Å². The Bertz CT molecular complexity index is 764. The quantitative estimate of drug-likeness (QED) is 0.778. The van der Waals surface area contributed by atoms with E-state index < -0.39 is 0 Å². The van der Waals surface area contributed by atoms with Gasteiger partial charge in [0.05, 0.1) is 6.20 Å². The third kappa shape index (κ3) is 3.21. The Balaban J connectivity index is 1.96. The Hall–Kier alpha value is -3.15. The van der Waals surface area contributed by atoms with Crippen molar-refractivity contribution in [3.63, 3.8) is 0 Å². The number of hydrogen-bond acceptors (Lipinski definition) is 6. The molecule has 0 saturated heterocycles. The Morgan fingerprint density at radius 2 is 1.91 bits per heavy atom. The van der Waals surface area contributed by atoms with Gasteiger partial charge in [-0.2, -0.15) is 4.98 Å². The van der Waals surface area contributed by atoms with Crippen LogP contribution < -0.4 is 15.4 Å². The highest BCUT2D eigenvalue weighted by atomic mass is 16.5. The van der Waals surface area contributed by atoms with Crippen LogP contribution in [0.1, 0.15) is 6.92 Å². The van der Waals surface area contributed by atoms with E-state index in [2.05, 4.69) is 15.0 Å². The van der Waals surface area contributed by atoms with E-state index in [9.17, 15) is 0 Å². The fraction of sp³-hybridized carbons (Fsp3) is 0.118. The SMILES string of the molecule is CCN(c1ccccc1)c1ncnc(Oc2cccnc2)c1N. The van der Waals surface area contributed by atoms with Gasteiger partial charge in [0.2, 0.25) is 5.88 Å². The molecule has 116 valence electrons. The van der Waals surface area contributed by atoms with Crippen LogP contribution in [0.3, 0.4) is 0 Å². The van der Waals surface area contributed by atoms with Crippen LogP contribution in [0.15, 0.2) is 61.2 Å². The summed E-state index contributed by atoms with van der Waals surface area (Å²) in [6.45, 7) is 2.76. The van der Waals surface area contributed by atoms with Crippen molar-refractivity contribution >= 4 is 17.2 Å². The van der Waals surface area contributed by atoms with Crippen LogP contribution in [-0.4, -0.2) is 21.5 Å². The van der Waals surface area contributed by atoms with Crippen molar-refractivity contribution < 1.29 is 4.74 Å². The molecular weight excluding hydrogens is 290 g/mol. The highest BCUT2D eigenvalue weighted by Crippen LogP contribution is 2.34. The average molecular weight is 307 g/mol. The second-order valence-corrected chi connectivity index (χ2v) is 4.79. The molecule has 3 rings (SSSR count). The first-order valence-electron chi connectivity index (χ1n) is 7.30. The second kappa shape index (κ2) is 6.74. The van der Waals surface area contributed by atoms with Crippen molar-refractivity contribution in [2.75, 3.05) is 17.2 Å². The molecule has 0 fully saturated rings. The third-order valence-corrected chi connectivity index (χ3v) is 3.32. The molecule has 0 unspecified atom stereocenters. The highest BCUT2D eigenvalue weighted by Gasteiger charge is 2.16. The fourth-order valence-electron chi connectivity index (χ4n) is 2.25. The summed E-state index contributed by atoms with van der Waals surface area (Å²) < 4.78 is 5.72. The lowest BCUT2D eigenvalue weighted by atomic mass is 10.2. The first kappa shape index (κ1) is 14.8. The molecule has 0 aliphatic heterocycles. The molecule has 0 radical (unpaired) electrons. The van der Waals surface area contributed by atoms with Gasteiger partial charge in [-0.1, -0.05) is 18.2 Å². The highest BCUT2D eigenvalue weighted by molar-refractivity contribution is 5.74. The number of nitrogen functional groups attached to an aromatic ring is 1. The van der Waals surface area contributed by atoms with Crippen molar-refractivity contribution in [1.29, 1.82) is 0 Å². The van der Waals surface area contributed by atoms with Gasteiger partial charge in [0, 0.05) is 18.4 Å².